The Labute approximate surface area is 137 Å². The highest BCUT2D eigenvalue weighted by atomic mass is 32.2. The van der Waals surface area contributed by atoms with Crippen LogP contribution in [0.3, 0.4) is 0 Å². The van der Waals surface area contributed by atoms with E-state index in [9.17, 15) is 14.0 Å². The minimum absolute atomic E-state index is 0.00108. The summed E-state index contributed by atoms with van der Waals surface area (Å²) in [4.78, 5) is 25.8. The number of carboxylic acid groups (broad SMARTS) is 1. The largest absolute Gasteiger partial charge is 0.481 e. The topological polar surface area (TPSA) is 57.6 Å². The summed E-state index contributed by atoms with van der Waals surface area (Å²) in [6.07, 6.45) is 0.368. The molecule has 1 heterocycles. The molecule has 1 unspecified atom stereocenters. The lowest BCUT2D eigenvalue weighted by Gasteiger charge is -2.34. The molecule has 1 fully saturated rings. The minimum Gasteiger partial charge on any atom is -0.481 e. The summed E-state index contributed by atoms with van der Waals surface area (Å²) in [5.41, 5.74) is 0. The summed E-state index contributed by atoms with van der Waals surface area (Å²) < 4.78 is 12.8. The Morgan fingerprint density at radius 1 is 1.36 bits per heavy atom. The molecule has 1 atom stereocenters. The van der Waals surface area contributed by atoms with Crippen molar-refractivity contribution >= 4 is 35.4 Å². The monoisotopic (exact) mass is 343 g/mol. The molecule has 1 amide bonds. The van der Waals surface area contributed by atoms with Gasteiger partial charge >= 0.3 is 5.97 Å². The Morgan fingerprint density at radius 3 is 2.77 bits per heavy atom. The highest BCUT2D eigenvalue weighted by molar-refractivity contribution is 7.99. The van der Waals surface area contributed by atoms with Gasteiger partial charge in [-0.05, 0) is 24.3 Å². The van der Waals surface area contributed by atoms with E-state index in [0.717, 1.165) is 10.6 Å². The highest BCUT2D eigenvalue weighted by Crippen LogP contribution is 2.22. The van der Waals surface area contributed by atoms with Crippen LogP contribution in [-0.2, 0) is 9.59 Å². The van der Waals surface area contributed by atoms with Crippen molar-refractivity contribution < 1.29 is 19.1 Å². The van der Waals surface area contributed by atoms with E-state index in [1.54, 1.807) is 28.8 Å². The van der Waals surface area contributed by atoms with Gasteiger partial charge in [0.1, 0.15) is 5.82 Å². The number of carbonyl (C=O) groups is 2. The molecule has 22 heavy (non-hydrogen) atoms. The van der Waals surface area contributed by atoms with Gasteiger partial charge in [-0.25, -0.2) is 4.39 Å². The number of nitrogens with zero attached hydrogens (tertiary/aromatic N) is 1. The number of benzene rings is 1. The summed E-state index contributed by atoms with van der Waals surface area (Å²) in [5, 5.41) is 8.93. The van der Waals surface area contributed by atoms with Gasteiger partial charge in [0.2, 0.25) is 5.91 Å². The van der Waals surface area contributed by atoms with Crippen molar-refractivity contribution in [3.8, 4) is 0 Å². The zero-order valence-electron chi connectivity index (χ0n) is 12.0. The first-order valence-corrected chi connectivity index (χ1v) is 9.17. The van der Waals surface area contributed by atoms with E-state index < -0.39 is 5.97 Å². The third-order valence-electron chi connectivity index (χ3n) is 3.36. The van der Waals surface area contributed by atoms with Crippen LogP contribution in [-0.4, -0.2) is 51.7 Å². The van der Waals surface area contributed by atoms with Gasteiger partial charge in [-0.3, -0.25) is 9.59 Å². The molecule has 1 saturated heterocycles. The predicted octanol–water partition coefficient (Wildman–Crippen LogP) is 2.73. The van der Waals surface area contributed by atoms with E-state index in [1.807, 2.05) is 0 Å². The van der Waals surface area contributed by atoms with Crippen molar-refractivity contribution in [2.75, 3.05) is 23.8 Å². The third-order valence-corrected chi connectivity index (χ3v) is 5.46. The summed E-state index contributed by atoms with van der Waals surface area (Å²) in [6, 6.07) is 5.97. The van der Waals surface area contributed by atoms with E-state index in [0.29, 0.717) is 24.5 Å². The van der Waals surface area contributed by atoms with Crippen molar-refractivity contribution in [3.63, 3.8) is 0 Å². The zero-order chi connectivity index (χ0) is 15.9. The Kier molecular flexibility index (Phi) is 6.57. The van der Waals surface area contributed by atoms with E-state index in [2.05, 4.69) is 0 Å². The van der Waals surface area contributed by atoms with Crippen LogP contribution >= 0.6 is 23.5 Å². The van der Waals surface area contributed by atoms with Crippen LogP contribution in [0.25, 0.3) is 0 Å². The number of hydrogen-bond donors (Lipinski definition) is 1. The lowest BCUT2D eigenvalue weighted by atomic mass is 10.2. The molecule has 1 N–H and O–H groups in total. The van der Waals surface area contributed by atoms with Gasteiger partial charge in [-0.2, -0.15) is 11.8 Å². The number of amides is 1. The number of carbonyl (C=O) groups excluding carboxylic acids is 1. The van der Waals surface area contributed by atoms with Crippen molar-refractivity contribution in [3.05, 3.63) is 30.1 Å². The Balaban J connectivity index is 1.82. The number of aliphatic carboxylic acids is 1. The zero-order valence-corrected chi connectivity index (χ0v) is 13.7. The summed E-state index contributed by atoms with van der Waals surface area (Å²) in [7, 11) is 0. The van der Waals surface area contributed by atoms with Gasteiger partial charge in [-0.1, -0.05) is 0 Å². The molecular weight excluding hydrogens is 325 g/mol. The Hall–Kier alpha value is -1.21. The quantitative estimate of drug-likeness (QED) is 0.805. The maximum Gasteiger partial charge on any atom is 0.305 e. The lowest BCUT2D eigenvalue weighted by molar-refractivity contribution is -0.140. The van der Waals surface area contributed by atoms with E-state index in [4.69, 9.17) is 5.11 Å². The molecular formula is C15H18FNO3S2. The lowest BCUT2D eigenvalue weighted by Crippen LogP contribution is -2.47. The van der Waals surface area contributed by atoms with Gasteiger partial charge in [0.25, 0.3) is 0 Å². The Morgan fingerprint density at radius 2 is 2.09 bits per heavy atom. The molecule has 1 aromatic rings. The number of carboxylic acids is 1. The summed E-state index contributed by atoms with van der Waals surface area (Å²) in [6.45, 7) is 0.614. The van der Waals surface area contributed by atoms with Crippen LogP contribution in [0.5, 0.6) is 0 Å². The van der Waals surface area contributed by atoms with Crippen molar-refractivity contribution in [2.45, 2.75) is 23.8 Å². The number of halogens is 1. The van der Waals surface area contributed by atoms with E-state index >= 15 is 0 Å². The van der Waals surface area contributed by atoms with E-state index in [1.165, 1.54) is 23.9 Å². The molecule has 1 aliphatic rings. The molecule has 4 nitrogen and oxygen atoms in total. The molecule has 0 bridgehead atoms. The molecule has 1 aliphatic heterocycles. The molecule has 0 radical (unpaired) electrons. The normalized spacial score (nSPS) is 18.2. The third kappa shape index (κ3) is 5.21. The first kappa shape index (κ1) is 17.1. The second-order valence-corrected chi connectivity index (χ2v) is 7.28. The van der Waals surface area contributed by atoms with Gasteiger partial charge in [0.05, 0.1) is 12.5 Å². The SMILES string of the molecule is O=C(O)CC1CSCCN1C(=O)CCSc1ccc(F)cc1. The van der Waals surface area contributed by atoms with Crippen LogP contribution < -0.4 is 0 Å². The maximum absolute atomic E-state index is 12.8. The van der Waals surface area contributed by atoms with Crippen LogP contribution in [0.15, 0.2) is 29.2 Å². The number of hydrogen-bond acceptors (Lipinski definition) is 4. The first-order valence-electron chi connectivity index (χ1n) is 7.03. The second-order valence-electron chi connectivity index (χ2n) is 4.97. The van der Waals surface area contributed by atoms with Crippen molar-refractivity contribution in [1.29, 1.82) is 0 Å². The van der Waals surface area contributed by atoms with Crippen molar-refractivity contribution in [2.24, 2.45) is 0 Å². The average molecular weight is 343 g/mol. The van der Waals surface area contributed by atoms with Gasteiger partial charge in [0, 0.05) is 35.1 Å². The second kappa shape index (κ2) is 8.43. The average Bonchev–Trinajstić information content (AvgIpc) is 2.49. The molecule has 0 spiro atoms. The first-order chi connectivity index (χ1) is 10.6. The van der Waals surface area contributed by atoms with E-state index in [-0.39, 0.29) is 24.2 Å². The van der Waals surface area contributed by atoms with Crippen LogP contribution in [0, 0.1) is 5.82 Å². The highest BCUT2D eigenvalue weighted by Gasteiger charge is 2.28. The molecule has 2 rings (SSSR count). The minimum atomic E-state index is -0.869. The van der Waals surface area contributed by atoms with Gasteiger partial charge in [0.15, 0.2) is 0 Å². The molecule has 7 heteroatoms. The number of thioether (sulfide) groups is 2. The van der Waals surface area contributed by atoms with Crippen molar-refractivity contribution in [1.82, 2.24) is 4.90 Å². The molecule has 0 aliphatic carbocycles. The van der Waals surface area contributed by atoms with Gasteiger partial charge < -0.3 is 10.0 Å². The fourth-order valence-electron chi connectivity index (χ4n) is 2.28. The molecule has 0 saturated carbocycles. The predicted molar refractivity (Wildman–Crippen MR) is 86.8 cm³/mol. The summed E-state index contributed by atoms with van der Waals surface area (Å²) >= 11 is 3.19. The fraction of sp³-hybridized carbons (Fsp3) is 0.467. The molecule has 120 valence electrons. The molecule has 0 aromatic heterocycles. The van der Waals surface area contributed by atoms with Gasteiger partial charge in [-0.15, -0.1) is 11.8 Å². The maximum atomic E-state index is 12.8. The van der Waals surface area contributed by atoms with Crippen LogP contribution in [0.1, 0.15) is 12.8 Å². The summed E-state index contributed by atoms with van der Waals surface area (Å²) in [5.74, 6) is 0.999. The smallest absolute Gasteiger partial charge is 0.305 e. The molecule has 1 aromatic carbocycles. The van der Waals surface area contributed by atoms with Crippen LogP contribution in [0.4, 0.5) is 4.39 Å². The number of rotatable bonds is 6. The Bertz CT molecular complexity index is 524. The fourth-order valence-corrected chi connectivity index (χ4v) is 4.19. The standard InChI is InChI=1S/C15H18FNO3S2/c16-11-1-3-13(4-2-11)22-7-5-14(18)17-6-8-21-10-12(17)9-15(19)20/h1-4,12H,5-10H2,(H,19,20). The van der Waals surface area contributed by atoms with Crippen LogP contribution in [0.2, 0.25) is 0 Å².